The Morgan fingerprint density at radius 3 is 2.71 bits per heavy atom. The van der Waals surface area contributed by atoms with E-state index in [2.05, 4.69) is 20.9 Å². The molecular weight excluding hydrogens is 258 g/mol. The molecular formula is C8H5BrF2N2O. The number of hydrogen-bond donors (Lipinski definition) is 0. The molecule has 0 N–H and O–H groups in total. The van der Waals surface area contributed by atoms with Crippen LogP contribution in [0, 0.1) is 11.3 Å². The van der Waals surface area contributed by atoms with Crippen LogP contribution in [0.4, 0.5) is 8.78 Å². The molecule has 0 aliphatic rings. The summed E-state index contributed by atoms with van der Waals surface area (Å²) in [6.45, 7) is 0. The fourth-order valence-corrected chi connectivity index (χ4v) is 1.41. The van der Waals surface area contributed by atoms with Crippen molar-refractivity contribution in [2.75, 3.05) is 7.11 Å². The Morgan fingerprint density at radius 2 is 2.29 bits per heavy atom. The summed E-state index contributed by atoms with van der Waals surface area (Å²) in [5.41, 5.74) is -0.395. The lowest BCUT2D eigenvalue weighted by atomic mass is 10.2. The Hall–Kier alpha value is -1.22. The van der Waals surface area contributed by atoms with Crippen LogP contribution in [0.25, 0.3) is 0 Å². The van der Waals surface area contributed by atoms with Gasteiger partial charge in [0.15, 0.2) is 0 Å². The van der Waals surface area contributed by atoms with Gasteiger partial charge in [-0.1, -0.05) is 0 Å². The van der Waals surface area contributed by atoms with Crippen LogP contribution in [-0.2, 0) is 0 Å². The van der Waals surface area contributed by atoms with Crippen LogP contribution in [0.3, 0.4) is 0 Å². The maximum atomic E-state index is 12.4. The third-order valence-corrected chi connectivity index (χ3v) is 2.30. The van der Waals surface area contributed by atoms with Crippen molar-refractivity contribution in [1.29, 1.82) is 5.26 Å². The standard InChI is InChI=1S/C8H5BrF2N2O/c1-14-8-6(9)5(7(10)11)2-4(3-12)13-8/h2,7H,1H3. The van der Waals surface area contributed by atoms with Gasteiger partial charge in [-0.25, -0.2) is 13.8 Å². The van der Waals surface area contributed by atoms with E-state index in [-0.39, 0.29) is 21.6 Å². The van der Waals surface area contributed by atoms with E-state index in [0.29, 0.717) is 0 Å². The van der Waals surface area contributed by atoms with Gasteiger partial charge in [0, 0.05) is 5.56 Å². The zero-order valence-corrected chi connectivity index (χ0v) is 8.68. The Balaban J connectivity index is 3.36. The summed E-state index contributed by atoms with van der Waals surface area (Å²) in [6, 6.07) is 2.70. The molecule has 0 spiro atoms. The van der Waals surface area contributed by atoms with E-state index in [4.69, 9.17) is 10.00 Å². The number of nitriles is 1. The number of aromatic nitrogens is 1. The van der Waals surface area contributed by atoms with E-state index >= 15 is 0 Å². The van der Waals surface area contributed by atoms with Crippen LogP contribution in [0.15, 0.2) is 10.5 Å². The SMILES string of the molecule is COc1nc(C#N)cc(C(F)F)c1Br. The van der Waals surface area contributed by atoms with Gasteiger partial charge >= 0.3 is 0 Å². The number of hydrogen-bond acceptors (Lipinski definition) is 3. The van der Waals surface area contributed by atoms with Gasteiger partial charge in [-0.15, -0.1) is 0 Å². The van der Waals surface area contributed by atoms with Gasteiger partial charge in [0.1, 0.15) is 11.8 Å². The molecule has 0 aliphatic heterocycles. The van der Waals surface area contributed by atoms with Crippen LogP contribution < -0.4 is 4.74 Å². The monoisotopic (exact) mass is 262 g/mol. The molecule has 0 saturated carbocycles. The molecule has 14 heavy (non-hydrogen) atoms. The van der Waals surface area contributed by atoms with Crippen LogP contribution in [0.1, 0.15) is 17.7 Å². The van der Waals surface area contributed by atoms with Crippen LogP contribution in [-0.4, -0.2) is 12.1 Å². The van der Waals surface area contributed by atoms with Crippen molar-refractivity contribution in [2.24, 2.45) is 0 Å². The fourth-order valence-electron chi connectivity index (χ4n) is 0.876. The smallest absolute Gasteiger partial charge is 0.265 e. The topological polar surface area (TPSA) is 45.9 Å². The van der Waals surface area contributed by atoms with Crippen molar-refractivity contribution in [2.45, 2.75) is 6.43 Å². The minimum Gasteiger partial charge on any atom is -0.480 e. The van der Waals surface area contributed by atoms with Gasteiger partial charge in [0.2, 0.25) is 5.88 Å². The van der Waals surface area contributed by atoms with Gasteiger partial charge in [0.05, 0.1) is 11.6 Å². The maximum absolute atomic E-state index is 12.4. The first-order valence-corrected chi connectivity index (χ1v) is 4.32. The van der Waals surface area contributed by atoms with Crippen molar-refractivity contribution < 1.29 is 13.5 Å². The minimum atomic E-state index is -2.67. The number of ether oxygens (including phenoxy) is 1. The molecule has 1 rings (SSSR count). The molecule has 0 aromatic carbocycles. The molecule has 74 valence electrons. The molecule has 0 amide bonds. The number of methoxy groups -OCH3 is 1. The average Bonchev–Trinajstić information content (AvgIpc) is 2.17. The summed E-state index contributed by atoms with van der Waals surface area (Å²) in [5.74, 6) is -0.0145. The first-order chi connectivity index (χ1) is 6.60. The predicted octanol–water partition coefficient (Wildman–Crippen LogP) is 2.66. The normalized spacial score (nSPS) is 10.0. The first kappa shape index (κ1) is 10.9. The summed E-state index contributed by atoms with van der Waals surface area (Å²) in [7, 11) is 1.30. The quantitative estimate of drug-likeness (QED) is 0.823. The van der Waals surface area contributed by atoms with Crippen molar-refractivity contribution in [3.05, 3.63) is 21.8 Å². The van der Waals surface area contributed by atoms with Crippen LogP contribution >= 0.6 is 15.9 Å². The lowest BCUT2D eigenvalue weighted by molar-refractivity contribution is 0.149. The fraction of sp³-hybridized carbons (Fsp3) is 0.250. The lowest BCUT2D eigenvalue weighted by Gasteiger charge is -2.07. The van der Waals surface area contributed by atoms with Gasteiger partial charge in [0.25, 0.3) is 6.43 Å². The van der Waals surface area contributed by atoms with Crippen molar-refractivity contribution >= 4 is 15.9 Å². The molecule has 0 aliphatic carbocycles. The number of alkyl halides is 2. The highest BCUT2D eigenvalue weighted by Crippen LogP contribution is 2.33. The summed E-state index contributed by atoms with van der Waals surface area (Å²) in [5, 5.41) is 8.53. The predicted molar refractivity (Wildman–Crippen MR) is 48.2 cm³/mol. The third kappa shape index (κ3) is 1.99. The summed E-state index contributed by atoms with van der Waals surface area (Å²) >= 11 is 2.93. The largest absolute Gasteiger partial charge is 0.480 e. The molecule has 3 nitrogen and oxygen atoms in total. The number of rotatable bonds is 2. The molecule has 0 saturated heterocycles. The molecule has 1 heterocycles. The van der Waals surface area contributed by atoms with E-state index in [0.717, 1.165) is 6.07 Å². The van der Waals surface area contributed by atoms with E-state index < -0.39 is 6.43 Å². The molecule has 0 radical (unpaired) electrons. The van der Waals surface area contributed by atoms with Gasteiger partial charge < -0.3 is 4.74 Å². The van der Waals surface area contributed by atoms with E-state index in [9.17, 15) is 8.78 Å². The van der Waals surface area contributed by atoms with Gasteiger partial charge in [-0.3, -0.25) is 0 Å². The van der Waals surface area contributed by atoms with Crippen LogP contribution in [0.5, 0.6) is 5.88 Å². The average molecular weight is 263 g/mol. The highest BCUT2D eigenvalue weighted by atomic mass is 79.9. The summed E-state index contributed by atoms with van der Waals surface area (Å²) in [6.07, 6.45) is -2.67. The zero-order chi connectivity index (χ0) is 10.7. The molecule has 6 heteroatoms. The maximum Gasteiger partial charge on any atom is 0.265 e. The first-order valence-electron chi connectivity index (χ1n) is 3.52. The highest BCUT2D eigenvalue weighted by molar-refractivity contribution is 9.10. The molecule has 0 unspecified atom stereocenters. The Kier molecular flexibility index (Phi) is 3.36. The minimum absolute atomic E-state index is 0.0145. The molecule has 0 fully saturated rings. The molecule has 0 atom stereocenters. The Labute approximate surface area is 87.5 Å². The van der Waals surface area contributed by atoms with Gasteiger partial charge in [-0.2, -0.15) is 5.26 Å². The molecule has 1 aromatic rings. The van der Waals surface area contributed by atoms with Crippen molar-refractivity contribution in [3.63, 3.8) is 0 Å². The lowest BCUT2D eigenvalue weighted by Crippen LogP contribution is -1.97. The van der Waals surface area contributed by atoms with Crippen molar-refractivity contribution in [3.8, 4) is 11.9 Å². The second-order valence-electron chi connectivity index (χ2n) is 2.33. The van der Waals surface area contributed by atoms with E-state index in [1.54, 1.807) is 6.07 Å². The van der Waals surface area contributed by atoms with Gasteiger partial charge in [-0.05, 0) is 22.0 Å². The van der Waals surface area contributed by atoms with E-state index in [1.165, 1.54) is 7.11 Å². The number of nitrogens with zero attached hydrogens (tertiary/aromatic N) is 2. The molecule has 0 bridgehead atoms. The third-order valence-electron chi connectivity index (χ3n) is 1.50. The molecule has 1 aromatic heterocycles. The number of pyridine rings is 1. The second kappa shape index (κ2) is 4.33. The van der Waals surface area contributed by atoms with Crippen molar-refractivity contribution in [1.82, 2.24) is 4.98 Å². The highest BCUT2D eigenvalue weighted by Gasteiger charge is 2.17. The second-order valence-corrected chi connectivity index (χ2v) is 3.13. The zero-order valence-electron chi connectivity index (χ0n) is 7.09. The Morgan fingerprint density at radius 1 is 1.64 bits per heavy atom. The number of halogens is 3. The Bertz CT molecular complexity index is 390. The summed E-state index contributed by atoms with van der Waals surface area (Å²) < 4.78 is 29.7. The van der Waals surface area contributed by atoms with E-state index in [1.807, 2.05) is 0 Å². The summed E-state index contributed by atoms with van der Waals surface area (Å²) in [4.78, 5) is 3.69. The van der Waals surface area contributed by atoms with Crippen LogP contribution in [0.2, 0.25) is 0 Å².